The summed E-state index contributed by atoms with van der Waals surface area (Å²) in [5.74, 6) is 1.23. The highest BCUT2D eigenvalue weighted by Gasteiger charge is 2.14. The lowest BCUT2D eigenvalue weighted by atomic mass is 10.1. The molecule has 4 nitrogen and oxygen atoms in total. The molecule has 0 radical (unpaired) electrons. The first-order valence-electron chi connectivity index (χ1n) is 5.90. The number of ether oxygens (including phenoxy) is 1. The summed E-state index contributed by atoms with van der Waals surface area (Å²) in [4.78, 5) is 2.55. The molecule has 0 fully saturated rings. The van der Waals surface area contributed by atoms with Crippen LogP contribution in [0.25, 0.3) is 0 Å². The minimum atomic E-state index is 0.410. The monoisotopic (exact) mass is 240 g/mol. The number of nitrogens with one attached hydrogen (secondary N) is 2. The fraction of sp³-hybridized carbons (Fsp3) is 0.538. The number of aromatic hydroxyl groups is 1. The standard InChI is InChI=1S/C13H22N2O2/c1-14(2)8-10-6-12(17-5)7-11(13(10)16)9-15(3)4/h6-7,16H,8-9H2,1-5H3/p+2. The highest BCUT2D eigenvalue weighted by Crippen LogP contribution is 2.27. The minimum absolute atomic E-state index is 0.410. The smallest absolute Gasteiger partial charge is 0.133 e. The van der Waals surface area contributed by atoms with Gasteiger partial charge in [0.05, 0.1) is 46.4 Å². The maximum atomic E-state index is 10.2. The quantitative estimate of drug-likeness (QED) is 0.598. The van der Waals surface area contributed by atoms with Crippen molar-refractivity contribution in [2.75, 3.05) is 35.3 Å². The van der Waals surface area contributed by atoms with Crippen molar-refractivity contribution in [3.05, 3.63) is 23.3 Å². The average molecular weight is 240 g/mol. The van der Waals surface area contributed by atoms with Crippen LogP contribution in [0.3, 0.4) is 0 Å². The van der Waals surface area contributed by atoms with Crippen LogP contribution in [0.5, 0.6) is 11.5 Å². The van der Waals surface area contributed by atoms with Crippen LogP contribution in [0.4, 0.5) is 0 Å². The fourth-order valence-electron chi connectivity index (χ4n) is 1.88. The van der Waals surface area contributed by atoms with Crippen LogP contribution >= 0.6 is 0 Å². The number of phenolic OH excluding ortho intramolecular Hbond substituents is 1. The number of phenols is 1. The van der Waals surface area contributed by atoms with Crippen molar-refractivity contribution in [2.24, 2.45) is 0 Å². The van der Waals surface area contributed by atoms with Crippen LogP contribution in [0.15, 0.2) is 12.1 Å². The number of benzene rings is 1. The second-order valence-corrected chi connectivity index (χ2v) is 5.06. The van der Waals surface area contributed by atoms with Gasteiger partial charge in [-0.15, -0.1) is 0 Å². The van der Waals surface area contributed by atoms with Crippen LogP contribution in [0.2, 0.25) is 0 Å². The van der Waals surface area contributed by atoms with Crippen LogP contribution in [0.1, 0.15) is 11.1 Å². The molecule has 0 bridgehead atoms. The summed E-state index contributed by atoms with van der Waals surface area (Å²) in [6.07, 6.45) is 0. The first-order valence-corrected chi connectivity index (χ1v) is 5.90. The molecule has 0 atom stereocenters. The van der Waals surface area contributed by atoms with Gasteiger partial charge in [0.25, 0.3) is 0 Å². The van der Waals surface area contributed by atoms with Gasteiger partial charge in [0.15, 0.2) is 0 Å². The van der Waals surface area contributed by atoms with Crippen molar-refractivity contribution in [1.82, 2.24) is 0 Å². The van der Waals surface area contributed by atoms with Gasteiger partial charge in [-0.25, -0.2) is 0 Å². The molecule has 0 aliphatic rings. The third kappa shape index (κ3) is 3.91. The fourth-order valence-corrected chi connectivity index (χ4v) is 1.88. The van der Waals surface area contributed by atoms with Gasteiger partial charge in [0.1, 0.15) is 24.6 Å². The highest BCUT2D eigenvalue weighted by molar-refractivity contribution is 5.45. The second kappa shape index (κ2) is 5.89. The normalized spacial score (nSPS) is 11.2. The molecule has 3 N–H and O–H groups in total. The van der Waals surface area contributed by atoms with E-state index in [2.05, 4.69) is 28.2 Å². The lowest BCUT2D eigenvalue weighted by molar-refractivity contribution is -0.873. The summed E-state index contributed by atoms with van der Waals surface area (Å²) in [5, 5.41) is 10.2. The predicted octanol–water partition coefficient (Wildman–Crippen LogP) is -1.31. The minimum Gasteiger partial charge on any atom is -0.507 e. The van der Waals surface area contributed by atoms with Gasteiger partial charge in [0, 0.05) is 0 Å². The topological polar surface area (TPSA) is 38.3 Å². The molecule has 1 aromatic rings. The number of rotatable bonds is 5. The molecule has 4 heteroatoms. The van der Waals surface area contributed by atoms with Crippen molar-refractivity contribution >= 4 is 0 Å². The zero-order chi connectivity index (χ0) is 13.0. The molecule has 96 valence electrons. The van der Waals surface area contributed by atoms with E-state index in [1.54, 1.807) is 7.11 Å². The maximum absolute atomic E-state index is 10.2. The van der Waals surface area contributed by atoms with Crippen molar-refractivity contribution in [3.63, 3.8) is 0 Å². The number of quaternary nitrogens is 2. The molecule has 17 heavy (non-hydrogen) atoms. The van der Waals surface area contributed by atoms with E-state index in [4.69, 9.17) is 4.74 Å². The molecule has 0 aromatic heterocycles. The van der Waals surface area contributed by atoms with Crippen molar-refractivity contribution in [3.8, 4) is 11.5 Å². The van der Waals surface area contributed by atoms with E-state index in [-0.39, 0.29) is 0 Å². The van der Waals surface area contributed by atoms with E-state index < -0.39 is 0 Å². The highest BCUT2D eigenvalue weighted by atomic mass is 16.5. The molecule has 0 aliphatic heterocycles. The van der Waals surface area contributed by atoms with Gasteiger partial charge in [0.2, 0.25) is 0 Å². The molecule has 1 rings (SSSR count). The van der Waals surface area contributed by atoms with Crippen LogP contribution in [-0.4, -0.2) is 40.4 Å². The van der Waals surface area contributed by atoms with Crippen molar-refractivity contribution < 1.29 is 19.6 Å². The third-order valence-electron chi connectivity index (χ3n) is 2.57. The first-order chi connectivity index (χ1) is 7.93. The van der Waals surface area contributed by atoms with E-state index in [9.17, 15) is 5.11 Å². The van der Waals surface area contributed by atoms with Crippen LogP contribution in [-0.2, 0) is 13.1 Å². The predicted molar refractivity (Wildman–Crippen MR) is 67.7 cm³/mol. The molecule has 0 saturated carbocycles. The van der Waals surface area contributed by atoms with E-state index in [0.717, 1.165) is 30.0 Å². The second-order valence-electron chi connectivity index (χ2n) is 5.06. The zero-order valence-corrected chi connectivity index (χ0v) is 11.4. The summed E-state index contributed by atoms with van der Waals surface area (Å²) in [5.41, 5.74) is 1.89. The van der Waals surface area contributed by atoms with Crippen molar-refractivity contribution in [2.45, 2.75) is 13.1 Å². The average Bonchev–Trinajstić information content (AvgIpc) is 2.22. The molecular weight excluding hydrogens is 216 g/mol. The maximum Gasteiger partial charge on any atom is 0.133 e. The first kappa shape index (κ1) is 13.8. The number of hydrogen-bond acceptors (Lipinski definition) is 2. The summed E-state index contributed by atoms with van der Waals surface area (Å²) >= 11 is 0. The van der Waals surface area contributed by atoms with E-state index >= 15 is 0 Å². The summed E-state index contributed by atoms with van der Waals surface area (Å²) < 4.78 is 5.28. The van der Waals surface area contributed by atoms with E-state index in [1.807, 2.05) is 12.1 Å². The molecule has 0 amide bonds. The molecular formula is C13H24N2O2+2. The Balaban J connectivity index is 3.11. The largest absolute Gasteiger partial charge is 0.507 e. The Morgan fingerprint density at radius 1 is 1.00 bits per heavy atom. The van der Waals surface area contributed by atoms with Crippen LogP contribution < -0.4 is 14.5 Å². The Morgan fingerprint density at radius 3 is 1.71 bits per heavy atom. The van der Waals surface area contributed by atoms with Gasteiger partial charge < -0.3 is 19.6 Å². The lowest BCUT2D eigenvalue weighted by Crippen LogP contribution is -3.04. The van der Waals surface area contributed by atoms with Crippen molar-refractivity contribution in [1.29, 1.82) is 0 Å². The molecule has 0 aliphatic carbocycles. The Bertz CT molecular complexity index is 345. The van der Waals surface area contributed by atoms with Gasteiger partial charge >= 0.3 is 0 Å². The van der Waals surface area contributed by atoms with Crippen LogP contribution in [0, 0.1) is 0 Å². The van der Waals surface area contributed by atoms with Gasteiger partial charge in [-0.3, -0.25) is 0 Å². The van der Waals surface area contributed by atoms with Gasteiger partial charge in [-0.05, 0) is 12.1 Å². The Labute approximate surface area is 103 Å². The SMILES string of the molecule is COc1cc(C[NH+](C)C)c(O)c(C[NH+](C)C)c1. The van der Waals surface area contributed by atoms with Gasteiger partial charge in [-0.1, -0.05) is 0 Å². The van der Waals surface area contributed by atoms with E-state index in [0.29, 0.717) is 5.75 Å². The Hall–Kier alpha value is -1.26. The molecule has 0 saturated heterocycles. The summed E-state index contributed by atoms with van der Waals surface area (Å²) in [6, 6.07) is 3.83. The molecule has 1 aromatic carbocycles. The molecule has 0 heterocycles. The number of hydrogen-bond donors (Lipinski definition) is 3. The molecule has 0 unspecified atom stereocenters. The Morgan fingerprint density at radius 2 is 1.41 bits per heavy atom. The third-order valence-corrected chi connectivity index (χ3v) is 2.57. The zero-order valence-electron chi connectivity index (χ0n) is 11.4. The summed E-state index contributed by atoms with van der Waals surface area (Å²) in [6.45, 7) is 1.58. The number of methoxy groups -OCH3 is 1. The van der Waals surface area contributed by atoms with Gasteiger partial charge in [-0.2, -0.15) is 0 Å². The summed E-state index contributed by atoms with van der Waals surface area (Å²) in [7, 11) is 9.92. The van der Waals surface area contributed by atoms with E-state index in [1.165, 1.54) is 9.80 Å². The lowest BCUT2D eigenvalue weighted by Gasteiger charge is -2.15. The molecule has 0 spiro atoms. The Kier molecular flexibility index (Phi) is 4.78.